The van der Waals surface area contributed by atoms with E-state index in [4.69, 9.17) is 10.5 Å². The summed E-state index contributed by atoms with van der Waals surface area (Å²) in [5.41, 5.74) is 9.30. The second-order valence-electron chi connectivity index (χ2n) is 6.19. The third-order valence-corrected chi connectivity index (χ3v) is 4.51. The van der Waals surface area contributed by atoms with E-state index in [-0.39, 0.29) is 17.3 Å². The molecular formula is C16H25NO2S. The SMILES string of the molecule is COC(=O)C(C)CSc1cc(C)c(N)c(C(C)(C)C)c1. The predicted octanol–water partition coefficient (Wildman–Crippen LogP) is 3.78. The van der Waals surface area contributed by atoms with Crippen molar-refractivity contribution in [3.8, 4) is 0 Å². The number of thioether (sulfide) groups is 1. The lowest BCUT2D eigenvalue weighted by Crippen LogP contribution is -2.16. The Labute approximate surface area is 126 Å². The minimum atomic E-state index is -0.166. The second kappa shape index (κ2) is 6.53. The van der Waals surface area contributed by atoms with Crippen molar-refractivity contribution in [2.24, 2.45) is 5.92 Å². The van der Waals surface area contributed by atoms with Gasteiger partial charge in [0, 0.05) is 16.3 Å². The highest BCUT2D eigenvalue weighted by atomic mass is 32.2. The van der Waals surface area contributed by atoms with Crippen LogP contribution in [0.1, 0.15) is 38.8 Å². The van der Waals surface area contributed by atoms with Crippen LogP contribution < -0.4 is 5.73 Å². The van der Waals surface area contributed by atoms with Crippen molar-refractivity contribution >= 4 is 23.4 Å². The fourth-order valence-electron chi connectivity index (χ4n) is 1.96. The second-order valence-corrected chi connectivity index (χ2v) is 7.28. The number of esters is 1. The Morgan fingerprint density at radius 2 is 2.00 bits per heavy atom. The van der Waals surface area contributed by atoms with Crippen LogP contribution in [0.4, 0.5) is 5.69 Å². The lowest BCUT2D eigenvalue weighted by molar-refractivity contribution is -0.143. The van der Waals surface area contributed by atoms with Crippen molar-refractivity contribution in [2.75, 3.05) is 18.6 Å². The lowest BCUT2D eigenvalue weighted by atomic mass is 9.85. The molecule has 0 saturated heterocycles. The summed E-state index contributed by atoms with van der Waals surface area (Å²) >= 11 is 1.67. The molecule has 0 saturated carbocycles. The zero-order chi connectivity index (χ0) is 15.5. The van der Waals surface area contributed by atoms with Gasteiger partial charge in [-0.3, -0.25) is 4.79 Å². The summed E-state index contributed by atoms with van der Waals surface area (Å²) in [4.78, 5) is 12.6. The van der Waals surface area contributed by atoms with Crippen LogP contribution in [-0.4, -0.2) is 18.8 Å². The molecule has 3 nitrogen and oxygen atoms in total. The number of carbonyl (C=O) groups excluding carboxylic acids is 1. The van der Waals surface area contributed by atoms with Crippen LogP contribution in [0.5, 0.6) is 0 Å². The summed E-state index contributed by atoms with van der Waals surface area (Å²) in [6.07, 6.45) is 0. The number of anilines is 1. The molecule has 0 aliphatic carbocycles. The van der Waals surface area contributed by atoms with E-state index < -0.39 is 0 Å². The average molecular weight is 295 g/mol. The molecule has 1 aromatic carbocycles. The minimum absolute atomic E-state index is 0.0133. The number of aryl methyl sites for hydroxylation is 1. The number of methoxy groups -OCH3 is 1. The Morgan fingerprint density at radius 1 is 1.40 bits per heavy atom. The molecule has 1 rings (SSSR count). The van der Waals surface area contributed by atoms with E-state index in [1.54, 1.807) is 11.8 Å². The standard InChI is InChI=1S/C16H25NO2S/c1-10-7-12(20-9-11(2)15(18)19-6)8-13(14(10)17)16(3,4)5/h7-8,11H,9,17H2,1-6H3. The molecule has 112 valence electrons. The zero-order valence-electron chi connectivity index (χ0n) is 13.2. The van der Waals surface area contributed by atoms with E-state index in [9.17, 15) is 4.79 Å². The summed E-state index contributed by atoms with van der Waals surface area (Å²) in [5.74, 6) is 0.432. The fourth-order valence-corrected chi connectivity index (χ4v) is 3.00. The third-order valence-electron chi connectivity index (χ3n) is 3.27. The van der Waals surface area contributed by atoms with Gasteiger partial charge in [-0.15, -0.1) is 11.8 Å². The van der Waals surface area contributed by atoms with Crippen molar-refractivity contribution in [1.29, 1.82) is 0 Å². The molecular weight excluding hydrogens is 270 g/mol. The smallest absolute Gasteiger partial charge is 0.309 e. The summed E-state index contributed by atoms with van der Waals surface area (Å²) in [6, 6.07) is 4.22. The van der Waals surface area contributed by atoms with Gasteiger partial charge in [0.05, 0.1) is 13.0 Å². The molecule has 1 atom stereocenters. The first-order chi connectivity index (χ1) is 9.16. The number of carbonyl (C=O) groups is 1. The van der Waals surface area contributed by atoms with E-state index in [1.807, 2.05) is 13.8 Å². The van der Waals surface area contributed by atoms with Crippen LogP contribution in [0.15, 0.2) is 17.0 Å². The summed E-state index contributed by atoms with van der Waals surface area (Å²) in [7, 11) is 1.43. The maximum Gasteiger partial charge on any atom is 0.309 e. The number of nitrogens with two attached hydrogens (primary N) is 1. The third kappa shape index (κ3) is 4.17. The van der Waals surface area contributed by atoms with Crippen molar-refractivity contribution < 1.29 is 9.53 Å². The predicted molar refractivity (Wildman–Crippen MR) is 86.2 cm³/mol. The Morgan fingerprint density at radius 3 is 2.50 bits per heavy atom. The Hall–Kier alpha value is -1.16. The van der Waals surface area contributed by atoms with Crippen molar-refractivity contribution in [2.45, 2.75) is 44.9 Å². The van der Waals surface area contributed by atoms with Crippen LogP contribution in [0.3, 0.4) is 0 Å². The van der Waals surface area contributed by atoms with E-state index in [2.05, 4.69) is 32.9 Å². The maximum absolute atomic E-state index is 11.4. The quantitative estimate of drug-likeness (QED) is 0.522. The normalized spacial score (nSPS) is 13.1. The summed E-state index contributed by atoms with van der Waals surface area (Å²) in [6.45, 7) is 10.4. The molecule has 0 aliphatic rings. The molecule has 0 spiro atoms. The fraction of sp³-hybridized carbons (Fsp3) is 0.562. The summed E-state index contributed by atoms with van der Waals surface area (Å²) in [5, 5.41) is 0. The van der Waals surface area contributed by atoms with Gasteiger partial charge in [-0.25, -0.2) is 0 Å². The molecule has 0 fully saturated rings. The number of hydrogen-bond acceptors (Lipinski definition) is 4. The molecule has 4 heteroatoms. The van der Waals surface area contributed by atoms with Gasteiger partial charge in [0.1, 0.15) is 0 Å². The molecule has 20 heavy (non-hydrogen) atoms. The maximum atomic E-state index is 11.4. The number of benzene rings is 1. The first kappa shape index (κ1) is 16.9. The van der Waals surface area contributed by atoms with E-state index in [0.717, 1.165) is 21.7 Å². The van der Waals surface area contributed by atoms with Crippen LogP contribution in [-0.2, 0) is 14.9 Å². The highest BCUT2D eigenvalue weighted by Gasteiger charge is 2.20. The number of hydrogen-bond donors (Lipinski definition) is 1. The number of nitrogen functional groups attached to an aromatic ring is 1. The first-order valence-corrected chi connectivity index (χ1v) is 7.76. The molecule has 1 unspecified atom stereocenters. The van der Waals surface area contributed by atoms with Gasteiger partial charge < -0.3 is 10.5 Å². The van der Waals surface area contributed by atoms with Crippen molar-refractivity contribution in [3.05, 3.63) is 23.3 Å². The highest BCUT2D eigenvalue weighted by molar-refractivity contribution is 7.99. The van der Waals surface area contributed by atoms with E-state index in [0.29, 0.717) is 5.75 Å². The van der Waals surface area contributed by atoms with Crippen LogP contribution in [0.2, 0.25) is 0 Å². The number of ether oxygens (including phenoxy) is 1. The van der Waals surface area contributed by atoms with Crippen LogP contribution in [0.25, 0.3) is 0 Å². The highest BCUT2D eigenvalue weighted by Crippen LogP contribution is 2.34. The number of rotatable bonds is 4. The van der Waals surface area contributed by atoms with Crippen LogP contribution >= 0.6 is 11.8 Å². The van der Waals surface area contributed by atoms with Crippen molar-refractivity contribution in [1.82, 2.24) is 0 Å². The molecule has 0 heterocycles. The van der Waals surface area contributed by atoms with E-state index >= 15 is 0 Å². The molecule has 0 aliphatic heterocycles. The lowest BCUT2D eigenvalue weighted by Gasteiger charge is -2.23. The molecule has 1 aromatic rings. The largest absolute Gasteiger partial charge is 0.469 e. The van der Waals surface area contributed by atoms with E-state index in [1.165, 1.54) is 7.11 Å². The Bertz CT molecular complexity index is 492. The first-order valence-electron chi connectivity index (χ1n) is 6.78. The molecule has 0 radical (unpaired) electrons. The van der Waals surface area contributed by atoms with Gasteiger partial charge in [-0.2, -0.15) is 0 Å². The van der Waals surface area contributed by atoms with Gasteiger partial charge in [-0.1, -0.05) is 27.7 Å². The van der Waals surface area contributed by atoms with Gasteiger partial charge in [-0.05, 0) is 35.6 Å². The zero-order valence-corrected chi connectivity index (χ0v) is 14.1. The topological polar surface area (TPSA) is 52.3 Å². The minimum Gasteiger partial charge on any atom is -0.469 e. The molecule has 0 amide bonds. The monoisotopic (exact) mass is 295 g/mol. The van der Waals surface area contributed by atoms with Gasteiger partial charge in [0.25, 0.3) is 0 Å². The average Bonchev–Trinajstić information content (AvgIpc) is 2.37. The van der Waals surface area contributed by atoms with Crippen LogP contribution in [0, 0.1) is 12.8 Å². The Balaban J connectivity index is 2.93. The Kier molecular flexibility index (Phi) is 5.51. The van der Waals surface area contributed by atoms with Gasteiger partial charge >= 0.3 is 5.97 Å². The molecule has 0 bridgehead atoms. The summed E-state index contributed by atoms with van der Waals surface area (Å²) < 4.78 is 4.75. The van der Waals surface area contributed by atoms with Gasteiger partial charge in [0.15, 0.2) is 0 Å². The molecule has 0 aromatic heterocycles. The van der Waals surface area contributed by atoms with Crippen molar-refractivity contribution in [3.63, 3.8) is 0 Å². The van der Waals surface area contributed by atoms with Gasteiger partial charge in [0.2, 0.25) is 0 Å². The molecule has 2 N–H and O–H groups in total.